The van der Waals surface area contributed by atoms with Crippen molar-refractivity contribution in [1.29, 1.82) is 0 Å². The lowest BCUT2D eigenvalue weighted by atomic mass is 9.89. The second kappa shape index (κ2) is 5.67. The van der Waals surface area contributed by atoms with Crippen LogP contribution >= 0.6 is 15.9 Å². The fraction of sp³-hybridized carbons (Fsp3) is 0.667. The van der Waals surface area contributed by atoms with Crippen molar-refractivity contribution in [2.24, 2.45) is 5.92 Å². The average molecular weight is 301 g/mol. The summed E-state index contributed by atoms with van der Waals surface area (Å²) in [5.41, 5.74) is 0.534. The van der Waals surface area contributed by atoms with Crippen molar-refractivity contribution in [1.82, 2.24) is 10.5 Å². The number of nitrogens with zero attached hydrogens (tertiary/aromatic N) is 1. The molecule has 0 aliphatic heterocycles. The van der Waals surface area contributed by atoms with E-state index in [-0.39, 0.29) is 5.91 Å². The van der Waals surface area contributed by atoms with Gasteiger partial charge in [0.1, 0.15) is 11.3 Å². The van der Waals surface area contributed by atoms with Crippen molar-refractivity contribution in [3.05, 3.63) is 17.5 Å². The molecular formula is C12H17BrN2O2. The van der Waals surface area contributed by atoms with Crippen LogP contribution in [0.5, 0.6) is 0 Å². The van der Waals surface area contributed by atoms with E-state index in [0.717, 1.165) is 6.54 Å². The molecule has 1 aromatic heterocycles. The van der Waals surface area contributed by atoms with Gasteiger partial charge in [0.2, 0.25) is 0 Å². The number of nitrogens with one attached hydrogen (secondary N) is 1. The Labute approximate surface area is 109 Å². The molecule has 1 amide bonds. The molecular weight excluding hydrogens is 284 g/mol. The average Bonchev–Trinajstić information content (AvgIpc) is 2.74. The smallest absolute Gasteiger partial charge is 0.256 e. The predicted octanol–water partition coefficient (Wildman–Crippen LogP) is 2.67. The number of hydrogen-bond acceptors (Lipinski definition) is 3. The summed E-state index contributed by atoms with van der Waals surface area (Å²) in [6.45, 7) is 2.47. The summed E-state index contributed by atoms with van der Waals surface area (Å²) in [6, 6.07) is 0. The molecule has 2 unspecified atom stereocenters. The zero-order valence-electron chi connectivity index (χ0n) is 9.91. The number of aromatic nitrogens is 1. The Morgan fingerprint density at radius 1 is 1.59 bits per heavy atom. The first-order valence-electron chi connectivity index (χ1n) is 6.02. The highest BCUT2D eigenvalue weighted by molar-refractivity contribution is 9.09. The molecule has 1 aromatic rings. The first-order chi connectivity index (χ1) is 8.18. The number of carbonyl (C=O) groups excluding carboxylic acids is 1. The first kappa shape index (κ1) is 12.6. The normalized spacial score (nSPS) is 24.6. The first-order valence-corrected chi connectivity index (χ1v) is 6.93. The minimum atomic E-state index is -0.0889. The molecule has 0 bridgehead atoms. The number of hydrogen-bond donors (Lipinski definition) is 1. The van der Waals surface area contributed by atoms with E-state index in [9.17, 15) is 4.79 Å². The maximum absolute atomic E-state index is 11.8. The predicted molar refractivity (Wildman–Crippen MR) is 68.2 cm³/mol. The van der Waals surface area contributed by atoms with E-state index in [1.165, 1.54) is 31.9 Å². The van der Waals surface area contributed by atoms with Gasteiger partial charge in [-0.1, -0.05) is 33.9 Å². The number of alkyl halides is 1. The highest BCUT2D eigenvalue weighted by Gasteiger charge is 2.23. The lowest BCUT2D eigenvalue weighted by Gasteiger charge is -2.27. The van der Waals surface area contributed by atoms with Crippen molar-refractivity contribution in [3.8, 4) is 0 Å². The fourth-order valence-electron chi connectivity index (χ4n) is 2.23. The molecule has 0 spiro atoms. The van der Waals surface area contributed by atoms with E-state index in [0.29, 0.717) is 22.1 Å². The molecule has 4 nitrogen and oxygen atoms in total. The minimum Gasteiger partial charge on any atom is -0.361 e. The SMILES string of the molecule is Cc1oncc1C(=O)NCC1CCCCC1Br. The van der Waals surface area contributed by atoms with Gasteiger partial charge in [-0.25, -0.2) is 0 Å². The van der Waals surface area contributed by atoms with E-state index in [2.05, 4.69) is 26.4 Å². The third kappa shape index (κ3) is 3.09. The van der Waals surface area contributed by atoms with Gasteiger partial charge in [0.05, 0.1) is 6.20 Å². The summed E-state index contributed by atoms with van der Waals surface area (Å²) < 4.78 is 4.88. The van der Waals surface area contributed by atoms with Gasteiger partial charge in [0.15, 0.2) is 0 Å². The van der Waals surface area contributed by atoms with Crippen LogP contribution in [0, 0.1) is 12.8 Å². The molecule has 1 fully saturated rings. The Kier molecular flexibility index (Phi) is 4.20. The van der Waals surface area contributed by atoms with Crippen LogP contribution in [-0.2, 0) is 0 Å². The molecule has 1 saturated carbocycles. The van der Waals surface area contributed by atoms with Crippen molar-refractivity contribution in [2.75, 3.05) is 6.54 Å². The van der Waals surface area contributed by atoms with Crippen LogP contribution in [0.15, 0.2) is 10.7 Å². The summed E-state index contributed by atoms with van der Waals surface area (Å²) in [5, 5.41) is 6.56. The van der Waals surface area contributed by atoms with Gasteiger partial charge in [0.25, 0.3) is 5.91 Å². The van der Waals surface area contributed by atoms with E-state index in [4.69, 9.17) is 4.52 Å². The van der Waals surface area contributed by atoms with Gasteiger partial charge in [-0.3, -0.25) is 4.79 Å². The number of amides is 1. The topological polar surface area (TPSA) is 55.1 Å². The molecule has 2 atom stereocenters. The second-order valence-corrected chi connectivity index (χ2v) is 5.74. The fourth-order valence-corrected chi connectivity index (χ4v) is 3.00. The number of aryl methyl sites for hydroxylation is 1. The van der Waals surface area contributed by atoms with Crippen LogP contribution in [0.2, 0.25) is 0 Å². The van der Waals surface area contributed by atoms with Gasteiger partial charge in [-0.2, -0.15) is 0 Å². The Bertz CT molecular complexity index is 392. The molecule has 1 aliphatic rings. The molecule has 0 radical (unpaired) electrons. The number of carbonyl (C=O) groups is 1. The number of halogens is 1. The lowest BCUT2D eigenvalue weighted by molar-refractivity contribution is 0.0943. The summed E-state index contributed by atoms with van der Waals surface area (Å²) >= 11 is 3.69. The van der Waals surface area contributed by atoms with Gasteiger partial charge >= 0.3 is 0 Å². The molecule has 17 heavy (non-hydrogen) atoms. The van der Waals surface area contributed by atoms with Crippen LogP contribution in [0.25, 0.3) is 0 Å². The Morgan fingerprint density at radius 3 is 3.00 bits per heavy atom. The largest absolute Gasteiger partial charge is 0.361 e. The molecule has 1 aliphatic carbocycles. The number of rotatable bonds is 3. The second-order valence-electron chi connectivity index (χ2n) is 4.57. The van der Waals surface area contributed by atoms with E-state index in [1.54, 1.807) is 6.92 Å². The molecule has 0 aromatic carbocycles. The molecule has 5 heteroatoms. The van der Waals surface area contributed by atoms with Crippen LogP contribution < -0.4 is 5.32 Å². The van der Waals surface area contributed by atoms with Crippen LogP contribution in [0.1, 0.15) is 41.8 Å². The van der Waals surface area contributed by atoms with Gasteiger partial charge in [-0.15, -0.1) is 0 Å². The quantitative estimate of drug-likeness (QED) is 0.873. The van der Waals surface area contributed by atoms with Gasteiger partial charge < -0.3 is 9.84 Å². The molecule has 2 rings (SSSR count). The van der Waals surface area contributed by atoms with Crippen molar-refractivity contribution in [3.63, 3.8) is 0 Å². The van der Waals surface area contributed by atoms with E-state index in [1.807, 2.05) is 0 Å². The Balaban J connectivity index is 1.86. The Morgan fingerprint density at radius 2 is 2.35 bits per heavy atom. The Hall–Kier alpha value is -0.840. The standard InChI is InChI=1S/C12H17BrN2O2/c1-8-10(7-15-17-8)12(16)14-6-9-4-2-3-5-11(9)13/h7,9,11H,2-6H2,1H3,(H,14,16). The van der Waals surface area contributed by atoms with Crippen LogP contribution in [0.3, 0.4) is 0 Å². The highest BCUT2D eigenvalue weighted by atomic mass is 79.9. The van der Waals surface area contributed by atoms with Gasteiger partial charge in [-0.05, 0) is 25.7 Å². The summed E-state index contributed by atoms with van der Waals surface area (Å²) in [5.74, 6) is 1.02. The van der Waals surface area contributed by atoms with Gasteiger partial charge in [0, 0.05) is 11.4 Å². The van der Waals surface area contributed by atoms with Crippen molar-refractivity contribution in [2.45, 2.75) is 37.4 Å². The molecule has 1 N–H and O–H groups in total. The lowest BCUT2D eigenvalue weighted by Crippen LogP contribution is -2.34. The monoisotopic (exact) mass is 300 g/mol. The molecule has 94 valence electrons. The summed E-state index contributed by atoms with van der Waals surface area (Å²) in [6.07, 6.45) is 6.39. The van der Waals surface area contributed by atoms with E-state index < -0.39 is 0 Å². The maximum Gasteiger partial charge on any atom is 0.256 e. The molecule has 1 heterocycles. The summed E-state index contributed by atoms with van der Waals surface area (Å²) in [7, 11) is 0. The zero-order valence-corrected chi connectivity index (χ0v) is 11.5. The van der Waals surface area contributed by atoms with Crippen molar-refractivity contribution < 1.29 is 9.32 Å². The van der Waals surface area contributed by atoms with Crippen LogP contribution in [-0.4, -0.2) is 22.4 Å². The third-order valence-corrected chi connectivity index (χ3v) is 4.54. The third-order valence-electron chi connectivity index (χ3n) is 3.34. The van der Waals surface area contributed by atoms with Crippen LogP contribution in [0.4, 0.5) is 0 Å². The zero-order chi connectivity index (χ0) is 12.3. The van der Waals surface area contributed by atoms with E-state index >= 15 is 0 Å². The maximum atomic E-state index is 11.8. The summed E-state index contributed by atoms with van der Waals surface area (Å²) in [4.78, 5) is 12.4. The minimum absolute atomic E-state index is 0.0889. The molecule has 0 saturated heterocycles. The van der Waals surface area contributed by atoms with Crippen molar-refractivity contribution >= 4 is 21.8 Å². The highest BCUT2D eigenvalue weighted by Crippen LogP contribution is 2.29.